The smallest absolute Gasteiger partial charge is 0.296 e. The summed E-state index contributed by atoms with van der Waals surface area (Å²) in [6, 6.07) is 2.51. The van der Waals surface area contributed by atoms with Crippen molar-refractivity contribution in [3.63, 3.8) is 0 Å². The highest BCUT2D eigenvalue weighted by Gasteiger charge is 2.15. The van der Waals surface area contributed by atoms with E-state index in [1.807, 2.05) is 0 Å². The molecule has 0 bridgehead atoms. The molecule has 0 fully saturated rings. The maximum atomic E-state index is 10.8. The molecule has 78 valence electrons. The van der Waals surface area contributed by atoms with Gasteiger partial charge in [-0.3, -0.25) is 4.55 Å². The predicted octanol–water partition coefficient (Wildman–Crippen LogP) is 1.39. The molecule has 0 aliphatic rings. The van der Waals surface area contributed by atoms with Gasteiger partial charge in [-0.25, -0.2) is 0 Å². The number of hydrogen-bond acceptors (Lipinski definition) is 5. The number of nitrogens with two attached hydrogens (primary N) is 1. The monoisotopic (exact) mass is 235 g/mol. The zero-order valence-corrected chi connectivity index (χ0v) is 8.89. The SMILES string of the molecule is Cc1cc(S(=O)(=O)O)c(N)cc1SO. The van der Waals surface area contributed by atoms with Crippen LogP contribution in [-0.4, -0.2) is 17.5 Å². The fourth-order valence-electron chi connectivity index (χ4n) is 0.999. The van der Waals surface area contributed by atoms with Crippen molar-refractivity contribution >= 4 is 27.8 Å². The van der Waals surface area contributed by atoms with Crippen molar-refractivity contribution in [2.75, 3.05) is 5.73 Å². The molecule has 0 amide bonds. The van der Waals surface area contributed by atoms with Crippen molar-refractivity contribution < 1.29 is 17.5 Å². The molecule has 0 aliphatic carbocycles. The van der Waals surface area contributed by atoms with E-state index in [9.17, 15) is 8.42 Å². The van der Waals surface area contributed by atoms with E-state index in [-0.39, 0.29) is 10.6 Å². The van der Waals surface area contributed by atoms with Crippen LogP contribution in [0.3, 0.4) is 0 Å². The first-order valence-electron chi connectivity index (χ1n) is 3.55. The molecule has 1 aromatic rings. The van der Waals surface area contributed by atoms with Crippen molar-refractivity contribution in [3.05, 3.63) is 17.7 Å². The number of benzene rings is 1. The minimum Gasteiger partial charge on any atom is -0.398 e. The molecule has 0 unspecified atom stereocenters. The quantitative estimate of drug-likeness (QED) is 0.407. The second kappa shape index (κ2) is 3.77. The lowest BCUT2D eigenvalue weighted by atomic mass is 10.2. The highest BCUT2D eigenvalue weighted by Crippen LogP contribution is 2.27. The number of anilines is 1. The fourth-order valence-corrected chi connectivity index (χ4v) is 2.06. The highest BCUT2D eigenvalue weighted by atomic mass is 32.2. The first-order valence-corrected chi connectivity index (χ1v) is 5.76. The largest absolute Gasteiger partial charge is 0.398 e. The Balaban J connectivity index is 3.44. The molecule has 0 aliphatic heterocycles. The van der Waals surface area contributed by atoms with E-state index in [1.165, 1.54) is 12.1 Å². The molecule has 0 spiro atoms. The van der Waals surface area contributed by atoms with Gasteiger partial charge in [-0.1, -0.05) is 0 Å². The number of rotatable bonds is 2. The molecule has 0 aromatic heterocycles. The molecular formula is C7H9NO4S2. The van der Waals surface area contributed by atoms with Crippen LogP contribution in [0.15, 0.2) is 21.9 Å². The summed E-state index contributed by atoms with van der Waals surface area (Å²) in [5.74, 6) is 0. The summed E-state index contributed by atoms with van der Waals surface area (Å²) in [6.45, 7) is 1.60. The molecule has 0 radical (unpaired) electrons. The normalized spacial score (nSPS) is 11.6. The average molecular weight is 235 g/mol. The molecule has 0 heterocycles. The van der Waals surface area contributed by atoms with E-state index in [0.29, 0.717) is 22.5 Å². The lowest BCUT2D eigenvalue weighted by molar-refractivity contribution is 0.483. The maximum absolute atomic E-state index is 10.8. The third-order valence-corrected chi connectivity index (χ3v) is 3.23. The van der Waals surface area contributed by atoms with Gasteiger partial charge in [0.05, 0.1) is 5.69 Å². The molecule has 0 saturated carbocycles. The van der Waals surface area contributed by atoms with E-state index in [2.05, 4.69) is 0 Å². The Morgan fingerprint density at radius 2 is 2.00 bits per heavy atom. The summed E-state index contributed by atoms with van der Waals surface area (Å²) in [5, 5.41) is 0. The van der Waals surface area contributed by atoms with Gasteiger partial charge in [-0.15, -0.1) is 0 Å². The van der Waals surface area contributed by atoms with Crippen molar-refractivity contribution in [1.82, 2.24) is 0 Å². The summed E-state index contributed by atoms with van der Waals surface area (Å²) in [6.07, 6.45) is 0. The van der Waals surface area contributed by atoms with Gasteiger partial charge in [0.15, 0.2) is 0 Å². The summed E-state index contributed by atoms with van der Waals surface area (Å²) in [7, 11) is -4.30. The standard InChI is InChI=1S/C7H9NO4S2/c1-4-2-7(14(10,11)12)5(8)3-6(4)13-9/h2-3,9H,8H2,1H3,(H,10,11,12). The third-order valence-electron chi connectivity index (χ3n) is 1.68. The zero-order valence-electron chi connectivity index (χ0n) is 7.26. The topological polar surface area (TPSA) is 101 Å². The maximum Gasteiger partial charge on any atom is 0.296 e. The Hall–Kier alpha value is -0.760. The van der Waals surface area contributed by atoms with Crippen molar-refractivity contribution in [1.29, 1.82) is 0 Å². The minimum atomic E-state index is -4.30. The van der Waals surface area contributed by atoms with E-state index < -0.39 is 10.1 Å². The van der Waals surface area contributed by atoms with Gasteiger partial charge in [0.25, 0.3) is 10.1 Å². The number of nitrogen functional groups attached to an aromatic ring is 1. The molecule has 5 nitrogen and oxygen atoms in total. The Morgan fingerprint density at radius 3 is 2.43 bits per heavy atom. The van der Waals surface area contributed by atoms with Crippen LogP contribution in [0.5, 0.6) is 0 Å². The number of hydrogen-bond donors (Lipinski definition) is 3. The lowest BCUT2D eigenvalue weighted by Gasteiger charge is -2.06. The van der Waals surface area contributed by atoms with Crippen molar-refractivity contribution in [2.24, 2.45) is 0 Å². The first kappa shape index (κ1) is 11.3. The van der Waals surface area contributed by atoms with Gasteiger partial charge in [0, 0.05) is 16.9 Å². The van der Waals surface area contributed by atoms with E-state index in [4.69, 9.17) is 14.8 Å². The van der Waals surface area contributed by atoms with Crippen molar-refractivity contribution in [2.45, 2.75) is 16.7 Å². The Morgan fingerprint density at radius 1 is 1.43 bits per heavy atom. The molecule has 1 rings (SSSR count). The van der Waals surface area contributed by atoms with Crippen LogP contribution in [0.25, 0.3) is 0 Å². The summed E-state index contributed by atoms with van der Waals surface area (Å²) in [5.41, 5.74) is 5.83. The molecule has 14 heavy (non-hydrogen) atoms. The van der Waals surface area contributed by atoms with Gasteiger partial charge in [0.2, 0.25) is 0 Å². The highest BCUT2D eigenvalue weighted by molar-refractivity contribution is 7.93. The van der Waals surface area contributed by atoms with Crippen LogP contribution in [-0.2, 0) is 10.1 Å². The fraction of sp³-hybridized carbons (Fsp3) is 0.143. The molecular weight excluding hydrogens is 226 g/mol. The van der Waals surface area contributed by atoms with Crippen LogP contribution < -0.4 is 5.73 Å². The third kappa shape index (κ3) is 2.18. The minimum absolute atomic E-state index is 0.0883. The van der Waals surface area contributed by atoms with E-state index in [1.54, 1.807) is 6.92 Å². The van der Waals surface area contributed by atoms with Gasteiger partial charge in [0.1, 0.15) is 4.90 Å². The lowest BCUT2D eigenvalue weighted by Crippen LogP contribution is -2.04. The van der Waals surface area contributed by atoms with Gasteiger partial charge >= 0.3 is 0 Å². The van der Waals surface area contributed by atoms with Crippen LogP contribution in [0, 0.1) is 6.92 Å². The van der Waals surface area contributed by atoms with Crippen LogP contribution in [0.4, 0.5) is 5.69 Å². The van der Waals surface area contributed by atoms with E-state index in [0.717, 1.165) is 0 Å². The predicted molar refractivity (Wildman–Crippen MR) is 53.9 cm³/mol. The first-order chi connectivity index (χ1) is 6.36. The Kier molecular flexibility index (Phi) is 3.05. The second-order valence-corrected chi connectivity index (χ2v) is 4.73. The van der Waals surface area contributed by atoms with Crippen LogP contribution >= 0.6 is 12.0 Å². The van der Waals surface area contributed by atoms with Crippen LogP contribution in [0.1, 0.15) is 5.56 Å². The van der Waals surface area contributed by atoms with E-state index >= 15 is 0 Å². The van der Waals surface area contributed by atoms with Gasteiger partial charge in [-0.05, 0) is 24.6 Å². The Labute approximate surface area is 85.9 Å². The molecule has 0 atom stereocenters. The summed E-state index contributed by atoms with van der Waals surface area (Å²) >= 11 is 0.472. The van der Waals surface area contributed by atoms with Gasteiger partial charge < -0.3 is 10.3 Å². The summed E-state index contributed by atoms with van der Waals surface area (Å²) < 4.78 is 39.2. The zero-order chi connectivity index (χ0) is 10.9. The molecule has 4 N–H and O–H groups in total. The van der Waals surface area contributed by atoms with Gasteiger partial charge in [-0.2, -0.15) is 8.42 Å². The number of aryl methyl sites for hydroxylation is 1. The average Bonchev–Trinajstić information content (AvgIpc) is 2.06. The molecule has 1 aromatic carbocycles. The Bertz CT molecular complexity index is 455. The molecule has 0 saturated heterocycles. The summed E-state index contributed by atoms with van der Waals surface area (Å²) in [4.78, 5) is 0.114. The van der Waals surface area contributed by atoms with Crippen molar-refractivity contribution in [3.8, 4) is 0 Å². The second-order valence-electron chi connectivity index (χ2n) is 2.72. The van der Waals surface area contributed by atoms with Crippen LogP contribution in [0.2, 0.25) is 0 Å². The molecule has 7 heteroatoms.